The largest absolute Gasteiger partial charge is 0.458 e. The van der Waals surface area contributed by atoms with Crippen LogP contribution < -0.4 is 0 Å². The fraction of sp³-hybridized carbons (Fsp3) is 0.750. The van der Waals surface area contributed by atoms with E-state index in [1.165, 1.54) is 0 Å². The molecule has 1 aromatic heterocycles. The van der Waals surface area contributed by atoms with Gasteiger partial charge in [0.2, 0.25) is 0 Å². The van der Waals surface area contributed by atoms with Crippen molar-refractivity contribution in [2.24, 2.45) is 17.3 Å². The highest BCUT2D eigenvalue weighted by Crippen LogP contribution is 2.45. The van der Waals surface area contributed by atoms with Gasteiger partial charge in [-0.25, -0.2) is 4.98 Å². The highest BCUT2D eigenvalue weighted by molar-refractivity contribution is 7.09. The van der Waals surface area contributed by atoms with E-state index >= 15 is 0 Å². The Bertz CT molecular complexity index is 971. The number of ketones is 1. The number of carbonyl (C=O) groups is 2. The molecule has 0 aromatic carbocycles. The number of carbonyl (C=O) groups excluding carboxylic acids is 2. The lowest BCUT2D eigenvalue weighted by atomic mass is 9.71. The minimum absolute atomic E-state index is 0.0460. The summed E-state index contributed by atoms with van der Waals surface area (Å²) in [5.41, 5.74) is 0.183. The number of nitrogens with zero attached hydrogens (tertiary/aromatic N) is 1. The minimum atomic E-state index is -1.23. The van der Waals surface area contributed by atoms with Crippen molar-refractivity contribution in [2.45, 2.75) is 117 Å². The number of esters is 1. The van der Waals surface area contributed by atoms with Crippen LogP contribution in [0.15, 0.2) is 11.0 Å². The molecule has 3 heterocycles. The van der Waals surface area contributed by atoms with Gasteiger partial charge in [-0.1, -0.05) is 34.1 Å². The van der Waals surface area contributed by atoms with Crippen molar-refractivity contribution < 1.29 is 29.3 Å². The molecule has 0 amide bonds. The number of aliphatic hydroxyl groups is 2. The molecule has 0 saturated carbocycles. The second-order valence-corrected chi connectivity index (χ2v) is 12.6. The summed E-state index contributed by atoms with van der Waals surface area (Å²) >= 11 is 1.56. The van der Waals surface area contributed by atoms with Crippen molar-refractivity contribution >= 4 is 29.2 Å². The van der Waals surface area contributed by atoms with E-state index < -0.39 is 35.6 Å². The van der Waals surface area contributed by atoms with Gasteiger partial charge in [0, 0.05) is 17.7 Å². The molecule has 2 N–H and O–H groups in total. The SMILES string of the molecule is CCC1C(=O)C(C)(C)C(O)CC(=O)O[C@H](C(C)=Cc2csc(C)n2)C[C@@H]2O[C@]2(C)CCC[C@H](C)[C@@H]1O. The third-order valence-electron chi connectivity index (χ3n) is 8.19. The highest BCUT2D eigenvalue weighted by Gasteiger charge is 2.53. The number of epoxide rings is 1. The van der Waals surface area contributed by atoms with E-state index in [0.29, 0.717) is 12.8 Å². The van der Waals surface area contributed by atoms with E-state index in [4.69, 9.17) is 9.47 Å². The topological polar surface area (TPSA) is 109 Å². The van der Waals surface area contributed by atoms with Gasteiger partial charge < -0.3 is 19.7 Å². The predicted molar refractivity (Wildman–Crippen MR) is 140 cm³/mol. The number of fused-ring (bicyclic) bond motifs is 1. The first-order valence-corrected chi connectivity index (χ1v) is 14.0. The third-order valence-corrected chi connectivity index (χ3v) is 8.98. The lowest BCUT2D eigenvalue weighted by Crippen LogP contribution is -2.46. The monoisotopic (exact) mass is 521 g/mol. The normalized spacial score (nSPS) is 36.8. The van der Waals surface area contributed by atoms with E-state index in [2.05, 4.69) is 11.9 Å². The van der Waals surface area contributed by atoms with Crippen LogP contribution in [0.3, 0.4) is 0 Å². The fourth-order valence-electron chi connectivity index (χ4n) is 5.29. The van der Waals surface area contributed by atoms with Crippen LogP contribution in [-0.4, -0.2) is 57.0 Å². The summed E-state index contributed by atoms with van der Waals surface area (Å²) in [6.45, 7) is 13.1. The molecule has 2 aliphatic rings. The quantitative estimate of drug-likeness (QED) is 0.431. The first-order valence-electron chi connectivity index (χ1n) is 13.2. The van der Waals surface area contributed by atoms with Gasteiger partial charge in [-0.15, -0.1) is 11.3 Å². The molecule has 0 bridgehead atoms. The standard InChI is InChI=1S/C28H43NO6S/c1-8-20-25(32)16(2)10-9-11-28(7)23(35-28)13-21(17(3)12-19-15-36-18(4)29-19)34-24(31)14-22(30)27(5,6)26(20)33/h12,15-16,20-23,25,30,32H,8-11,13-14H2,1-7H3/t16-,20?,21-,22?,23-,25-,28+/m0/s1. The van der Waals surface area contributed by atoms with Crippen LogP contribution in [-0.2, 0) is 19.1 Å². The van der Waals surface area contributed by atoms with Gasteiger partial charge in [-0.2, -0.15) is 0 Å². The Balaban J connectivity index is 1.87. The summed E-state index contributed by atoms with van der Waals surface area (Å²) in [5.74, 6) is -1.45. The maximum absolute atomic E-state index is 13.4. The van der Waals surface area contributed by atoms with Crippen molar-refractivity contribution in [3.63, 3.8) is 0 Å². The minimum Gasteiger partial charge on any atom is -0.458 e. The van der Waals surface area contributed by atoms with E-state index in [-0.39, 0.29) is 29.8 Å². The summed E-state index contributed by atoms with van der Waals surface area (Å²) in [6.07, 6.45) is 2.49. The zero-order valence-corrected chi connectivity index (χ0v) is 23.6. The number of rotatable bonds is 3. The number of ether oxygens (including phenoxy) is 2. The van der Waals surface area contributed by atoms with Crippen LogP contribution in [0.4, 0.5) is 0 Å². The molecule has 3 rings (SSSR count). The summed E-state index contributed by atoms with van der Waals surface area (Å²) in [7, 11) is 0. The summed E-state index contributed by atoms with van der Waals surface area (Å²) < 4.78 is 12.0. The number of hydrogen-bond acceptors (Lipinski definition) is 8. The summed E-state index contributed by atoms with van der Waals surface area (Å²) in [6, 6.07) is 0. The molecule has 202 valence electrons. The second-order valence-electron chi connectivity index (χ2n) is 11.5. The van der Waals surface area contributed by atoms with E-state index in [1.807, 2.05) is 39.2 Å². The molecule has 0 spiro atoms. The van der Waals surface area contributed by atoms with Gasteiger partial charge in [0.05, 0.1) is 46.5 Å². The Hall–Kier alpha value is -1.61. The van der Waals surface area contributed by atoms with E-state index in [0.717, 1.165) is 35.5 Å². The maximum atomic E-state index is 13.4. The number of thiazole rings is 1. The first-order chi connectivity index (χ1) is 16.8. The zero-order valence-electron chi connectivity index (χ0n) is 22.7. The average Bonchev–Trinajstić information content (AvgIpc) is 3.24. The molecule has 8 heteroatoms. The van der Waals surface area contributed by atoms with Crippen LogP contribution in [0.25, 0.3) is 6.08 Å². The van der Waals surface area contributed by atoms with Gasteiger partial charge in [0.15, 0.2) is 0 Å². The Morgan fingerprint density at radius 2 is 1.97 bits per heavy atom. The molecular formula is C28H43NO6S. The number of cyclic esters (lactones) is 1. The molecule has 2 unspecified atom stereocenters. The summed E-state index contributed by atoms with van der Waals surface area (Å²) in [5, 5.41) is 24.9. The lowest BCUT2D eigenvalue weighted by Gasteiger charge is -2.35. The number of aryl methyl sites for hydroxylation is 1. The van der Waals surface area contributed by atoms with Gasteiger partial charge >= 0.3 is 5.97 Å². The molecule has 7 atom stereocenters. The molecule has 2 fully saturated rings. The van der Waals surface area contributed by atoms with Crippen LogP contribution in [0.2, 0.25) is 0 Å². The maximum Gasteiger partial charge on any atom is 0.309 e. The van der Waals surface area contributed by atoms with Gasteiger partial charge in [-0.05, 0) is 57.6 Å². The number of aromatic nitrogens is 1. The molecule has 0 radical (unpaired) electrons. The molecule has 2 saturated heterocycles. The van der Waals surface area contributed by atoms with Crippen molar-refractivity contribution in [3.05, 3.63) is 21.7 Å². The second kappa shape index (κ2) is 11.4. The fourth-order valence-corrected chi connectivity index (χ4v) is 5.86. The Morgan fingerprint density at radius 1 is 1.28 bits per heavy atom. The van der Waals surface area contributed by atoms with Gasteiger partial charge in [-0.3, -0.25) is 9.59 Å². The van der Waals surface area contributed by atoms with Crippen LogP contribution in [0, 0.1) is 24.2 Å². The third kappa shape index (κ3) is 6.63. The van der Waals surface area contributed by atoms with Crippen molar-refractivity contribution in [2.75, 3.05) is 0 Å². The van der Waals surface area contributed by atoms with Crippen LogP contribution >= 0.6 is 11.3 Å². The van der Waals surface area contributed by atoms with Crippen molar-refractivity contribution in [3.8, 4) is 0 Å². The first kappa shape index (κ1) is 29.0. The zero-order chi connectivity index (χ0) is 26.8. The van der Waals surface area contributed by atoms with E-state index in [9.17, 15) is 19.8 Å². The number of Topliss-reactive ketones (excluding diaryl/α,β-unsaturated/α-hetero) is 1. The Labute approximate surface area is 219 Å². The molecule has 2 aliphatic heterocycles. The predicted octanol–water partition coefficient (Wildman–Crippen LogP) is 4.87. The van der Waals surface area contributed by atoms with Crippen LogP contribution in [0.1, 0.15) is 90.8 Å². The molecule has 1 aromatic rings. The van der Waals surface area contributed by atoms with Crippen molar-refractivity contribution in [1.82, 2.24) is 4.98 Å². The highest BCUT2D eigenvalue weighted by atomic mass is 32.1. The molecule has 0 aliphatic carbocycles. The average molecular weight is 522 g/mol. The van der Waals surface area contributed by atoms with Gasteiger partial charge in [0.1, 0.15) is 11.9 Å². The Morgan fingerprint density at radius 3 is 2.58 bits per heavy atom. The Kier molecular flexibility index (Phi) is 9.18. The van der Waals surface area contributed by atoms with Gasteiger partial charge in [0.25, 0.3) is 0 Å². The number of aliphatic hydroxyl groups excluding tert-OH is 2. The molecule has 36 heavy (non-hydrogen) atoms. The molecule has 7 nitrogen and oxygen atoms in total. The number of hydrogen-bond donors (Lipinski definition) is 2. The van der Waals surface area contributed by atoms with E-state index in [1.54, 1.807) is 25.2 Å². The summed E-state index contributed by atoms with van der Waals surface area (Å²) in [4.78, 5) is 30.9. The molecular weight excluding hydrogens is 478 g/mol. The van der Waals surface area contributed by atoms with Crippen LogP contribution in [0.5, 0.6) is 0 Å². The lowest BCUT2D eigenvalue weighted by molar-refractivity contribution is -0.154. The smallest absolute Gasteiger partial charge is 0.309 e. The van der Waals surface area contributed by atoms with Crippen molar-refractivity contribution in [1.29, 1.82) is 0 Å².